The normalized spacial score (nSPS) is 19.0. The first kappa shape index (κ1) is 22.3. The zero-order valence-electron chi connectivity index (χ0n) is 18.6. The maximum Gasteiger partial charge on any atom is 0.274 e. The summed E-state index contributed by atoms with van der Waals surface area (Å²) in [5.41, 5.74) is 4.28. The average molecular weight is 445 g/mol. The van der Waals surface area contributed by atoms with Crippen molar-refractivity contribution < 1.29 is 9.53 Å². The molecule has 31 heavy (non-hydrogen) atoms. The number of rotatable bonds is 7. The third-order valence-corrected chi connectivity index (χ3v) is 6.36. The number of amides is 1. The largest absolute Gasteiger partial charge is 0.378 e. The van der Waals surface area contributed by atoms with Crippen LogP contribution in [0.15, 0.2) is 24.3 Å². The second-order valence-electron chi connectivity index (χ2n) is 9.03. The molecule has 7 heteroatoms. The highest BCUT2D eigenvalue weighted by Gasteiger charge is 2.31. The summed E-state index contributed by atoms with van der Waals surface area (Å²) in [6, 6.07) is 8.40. The number of ether oxygens (including phenoxy) is 1. The van der Waals surface area contributed by atoms with Gasteiger partial charge in [-0.25, -0.2) is 0 Å². The Labute approximate surface area is 189 Å². The van der Waals surface area contributed by atoms with E-state index in [1.54, 1.807) is 0 Å². The van der Waals surface area contributed by atoms with E-state index in [2.05, 4.69) is 29.9 Å². The third kappa shape index (κ3) is 5.48. The number of carbonyl (C=O) groups is 1. The molecule has 0 radical (unpaired) electrons. The number of morpholine rings is 1. The van der Waals surface area contributed by atoms with Gasteiger partial charge in [0.05, 0.1) is 13.2 Å². The fourth-order valence-electron chi connectivity index (χ4n) is 4.56. The van der Waals surface area contributed by atoms with Gasteiger partial charge < -0.3 is 15.0 Å². The van der Waals surface area contributed by atoms with Gasteiger partial charge in [-0.2, -0.15) is 5.10 Å². The Hall–Kier alpha value is -1.89. The molecule has 1 amide bonds. The van der Waals surface area contributed by atoms with Crippen LogP contribution >= 0.6 is 11.6 Å². The van der Waals surface area contributed by atoms with Crippen molar-refractivity contribution in [3.8, 4) is 0 Å². The topological polar surface area (TPSA) is 59.4 Å². The molecule has 0 unspecified atom stereocenters. The monoisotopic (exact) mass is 444 g/mol. The Balaban J connectivity index is 1.46. The Bertz CT molecular complexity index is 905. The van der Waals surface area contributed by atoms with Crippen molar-refractivity contribution in [2.24, 2.45) is 5.92 Å². The van der Waals surface area contributed by atoms with Gasteiger partial charge in [0.1, 0.15) is 0 Å². The molecule has 0 spiro atoms. The van der Waals surface area contributed by atoms with Gasteiger partial charge in [0.15, 0.2) is 5.69 Å². The minimum atomic E-state index is 0.0571. The van der Waals surface area contributed by atoms with Crippen molar-refractivity contribution in [1.29, 1.82) is 0 Å². The average Bonchev–Trinajstić information content (AvgIpc) is 3.11. The van der Waals surface area contributed by atoms with Crippen molar-refractivity contribution in [2.75, 3.05) is 32.8 Å². The zero-order valence-corrected chi connectivity index (χ0v) is 19.3. The van der Waals surface area contributed by atoms with E-state index in [0.717, 1.165) is 49.4 Å². The molecule has 1 saturated heterocycles. The van der Waals surface area contributed by atoms with Gasteiger partial charge >= 0.3 is 0 Å². The first-order chi connectivity index (χ1) is 15.0. The van der Waals surface area contributed by atoms with E-state index in [4.69, 9.17) is 21.4 Å². The van der Waals surface area contributed by atoms with Crippen molar-refractivity contribution in [3.05, 3.63) is 51.8 Å². The van der Waals surface area contributed by atoms with Crippen LogP contribution in [0.1, 0.15) is 47.6 Å². The van der Waals surface area contributed by atoms with E-state index in [1.165, 1.54) is 11.3 Å². The third-order valence-electron chi connectivity index (χ3n) is 6.12. The fourth-order valence-corrected chi connectivity index (χ4v) is 4.77. The van der Waals surface area contributed by atoms with Crippen molar-refractivity contribution in [2.45, 2.75) is 52.1 Å². The molecular weight excluding hydrogens is 412 g/mol. The second kappa shape index (κ2) is 10.2. The van der Waals surface area contributed by atoms with E-state index in [1.807, 2.05) is 23.1 Å². The number of benzene rings is 1. The first-order valence-electron chi connectivity index (χ1n) is 11.4. The molecule has 1 aromatic heterocycles. The van der Waals surface area contributed by atoms with E-state index < -0.39 is 0 Å². The predicted molar refractivity (Wildman–Crippen MR) is 123 cm³/mol. The van der Waals surface area contributed by atoms with Crippen molar-refractivity contribution in [1.82, 2.24) is 20.0 Å². The molecule has 1 aliphatic heterocycles. The minimum absolute atomic E-state index is 0.0571. The van der Waals surface area contributed by atoms with Crippen LogP contribution in [-0.4, -0.2) is 59.5 Å². The minimum Gasteiger partial charge on any atom is -0.378 e. The summed E-state index contributed by atoms with van der Waals surface area (Å²) in [6.07, 6.45) is 3.82. The molecule has 0 bridgehead atoms. The number of halogens is 1. The molecule has 2 aromatic rings. The summed E-state index contributed by atoms with van der Waals surface area (Å²) < 4.78 is 7.52. The number of aromatic nitrogens is 2. The lowest BCUT2D eigenvalue weighted by Crippen LogP contribution is -2.42. The van der Waals surface area contributed by atoms with Crippen LogP contribution in [0.5, 0.6) is 0 Å². The van der Waals surface area contributed by atoms with Crippen molar-refractivity contribution >= 4 is 17.5 Å². The lowest BCUT2D eigenvalue weighted by Gasteiger charge is -2.28. The number of nitrogens with zero attached hydrogens (tertiary/aromatic N) is 3. The molecule has 0 saturated carbocycles. The predicted octanol–water partition coefficient (Wildman–Crippen LogP) is 3.35. The molecule has 1 fully saturated rings. The molecule has 1 aliphatic carbocycles. The summed E-state index contributed by atoms with van der Waals surface area (Å²) in [7, 11) is 0. The molecule has 1 N–H and O–H groups in total. The van der Waals surface area contributed by atoms with E-state index in [-0.39, 0.29) is 5.91 Å². The number of nitrogens with one attached hydrogen (secondary N) is 1. The second-order valence-corrected chi connectivity index (χ2v) is 9.46. The molecule has 2 heterocycles. The van der Waals surface area contributed by atoms with Crippen LogP contribution in [0, 0.1) is 5.92 Å². The summed E-state index contributed by atoms with van der Waals surface area (Å²) in [4.78, 5) is 15.2. The number of fused-ring (bicyclic) bond motifs is 1. The molecule has 1 atom stereocenters. The van der Waals surface area contributed by atoms with Crippen molar-refractivity contribution in [3.63, 3.8) is 0 Å². The quantitative estimate of drug-likeness (QED) is 0.711. The Morgan fingerprint density at radius 2 is 2.13 bits per heavy atom. The highest BCUT2D eigenvalue weighted by atomic mass is 35.5. The summed E-state index contributed by atoms with van der Waals surface area (Å²) >= 11 is 6.10. The lowest BCUT2D eigenvalue weighted by atomic mass is 9.90. The first-order valence-corrected chi connectivity index (χ1v) is 11.8. The molecule has 6 nitrogen and oxygen atoms in total. The SMILES string of the molecule is CC(C)Cn1nc(C(=O)N2CCOCC2)c2c1CC[C@H](NCCc1cccc(Cl)c1)C2. The van der Waals surface area contributed by atoms with Gasteiger partial charge in [0.2, 0.25) is 0 Å². The Morgan fingerprint density at radius 1 is 1.32 bits per heavy atom. The van der Waals surface area contributed by atoms with Gasteiger partial charge in [-0.3, -0.25) is 9.48 Å². The van der Waals surface area contributed by atoms with Crippen LogP contribution in [-0.2, 0) is 30.5 Å². The molecular formula is C24H33ClN4O2. The Kier molecular flexibility index (Phi) is 7.31. The number of hydrogen-bond donors (Lipinski definition) is 1. The Morgan fingerprint density at radius 3 is 2.87 bits per heavy atom. The van der Waals surface area contributed by atoms with Gasteiger partial charge in [-0.05, 0) is 55.8 Å². The summed E-state index contributed by atoms with van der Waals surface area (Å²) in [6.45, 7) is 8.64. The number of hydrogen-bond acceptors (Lipinski definition) is 4. The molecule has 168 valence electrons. The van der Waals surface area contributed by atoms with Crippen LogP contribution in [0.3, 0.4) is 0 Å². The number of carbonyl (C=O) groups excluding carboxylic acids is 1. The standard InChI is InChI=1S/C24H33ClN4O2/c1-17(2)16-29-22-7-6-20(26-9-8-18-4-3-5-19(25)14-18)15-21(22)23(27-29)24(30)28-10-12-31-13-11-28/h3-5,14,17,20,26H,6-13,15-16H2,1-2H3/t20-/m0/s1. The van der Waals surface area contributed by atoms with Gasteiger partial charge in [-0.1, -0.05) is 37.6 Å². The van der Waals surface area contributed by atoms with Gasteiger partial charge in [-0.15, -0.1) is 0 Å². The van der Waals surface area contributed by atoms with E-state index in [0.29, 0.717) is 44.0 Å². The summed E-state index contributed by atoms with van der Waals surface area (Å²) in [5.74, 6) is 0.547. The van der Waals surface area contributed by atoms with Crippen LogP contribution < -0.4 is 5.32 Å². The van der Waals surface area contributed by atoms with E-state index >= 15 is 0 Å². The zero-order chi connectivity index (χ0) is 21.8. The van der Waals surface area contributed by atoms with Gasteiger partial charge in [0.25, 0.3) is 5.91 Å². The lowest BCUT2D eigenvalue weighted by molar-refractivity contribution is 0.0297. The smallest absolute Gasteiger partial charge is 0.274 e. The van der Waals surface area contributed by atoms with E-state index in [9.17, 15) is 4.79 Å². The molecule has 1 aromatic carbocycles. The molecule has 2 aliphatic rings. The summed E-state index contributed by atoms with van der Waals surface area (Å²) in [5, 5.41) is 9.30. The van der Waals surface area contributed by atoms with Crippen LogP contribution in [0.4, 0.5) is 0 Å². The fraction of sp³-hybridized carbons (Fsp3) is 0.583. The maximum atomic E-state index is 13.3. The van der Waals surface area contributed by atoms with Gasteiger partial charge in [0, 0.05) is 42.0 Å². The van der Waals surface area contributed by atoms with Crippen LogP contribution in [0.2, 0.25) is 5.02 Å². The highest BCUT2D eigenvalue weighted by molar-refractivity contribution is 6.30. The maximum absolute atomic E-state index is 13.3. The highest BCUT2D eigenvalue weighted by Crippen LogP contribution is 2.27. The van der Waals surface area contributed by atoms with Crippen LogP contribution in [0.25, 0.3) is 0 Å². The molecule has 4 rings (SSSR count).